The Morgan fingerprint density at radius 2 is 0.983 bits per heavy atom. The monoisotopic (exact) mass is 741 g/mol. The molecule has 0 atom stereocenters. The van der Waals surface area contributed by atoms with Crippen LogP contribution in [0.2, 0.25) is 0 Å². The van der Waals surface area contributed by atoms with E-state index in [0.717, 1.165) is 77.5 Å². The standard InChI is InChI=1S/C52H31N5O/c1-2-14-34(15-3-1)50-54-51(35-27-25-33(26-28-35)47-39-19-6-7-20-40(39)49-48(53-47)42-22-9-11-24-45(42)58-49)56-52(55-50)36-16-12-17-37(31-36)57-43-23-10-8-21-41(43)46-38-18-5-4-13-32(38)29-30-44(46)57/h1-31H. The number of hydrogen-bond donors (Lipinski definition) is 0. The van der Waals surface area contributed by atoms with Gasteiger partial charge in [0.25, 0.3) is 0 Å². The second kappa shape index (κ2) is 12.8. The molecule has 6 heteroatoms. The van der Waals surface area contributed by atoms with Crippen LogP contribution in [0.1, 0.15) is 0 Å². The fraction of sp³-hybridized carbons (Fsp3) is 0. The molecule has 8 aromatic carbocycles. The number of nitrogens with zero attached hydrogens (tertiary/aromatic N) is 5. The second-order valence-corrected chi connectivity index (χ2v) is 14.6. The highest BCUT2D eigenvalue weighted by Crippen LogP contribution is 2.39. The van der Waals surface area contributed by atoms with Crippen LogP contribution in [0.15, 0.2) is 192 Å². The number of furan rings is 1. The molecule has 0 aliphatic carbocycles. The van der Waals surface area contributed by atoms with E-state index in [2.05, 4.69) is 132 Å². The van der Waals surface area contributed by atoms with E-state index in [4.69, 9.17) is 24.4 Å². The summed E-state index contributed by atoms with van der Waals surface area (Å²) in [6, 6.07) is 65.1. The first-order chi connectivity index (χ1) is 28.7. The smallest absolute Gasteiger partial charge is 0.164 e. The minimum absolute atomic E-state index is 0.596. The first kappa shape index (κ1) is 32.3. The Hall–Kier alpha value is -7.96. The van der Waals surface area contributed by atoms with Crippen molar-refractivity contribution in [2.24, 2.45) is 0 Å². The Balaban J connectivity index is 0.998. The number of rotatable bonds is 5. The molecule has 0 radical (unpaired) electrons. The van der Waals surface area contributed by atoms with E-state index in [9.17, 15) is 0 Å². The summed E-state index contributed by atoms with van der Waals surface area (Å²) in [6.07, 6.45) is 0. The molecule has 0 spiro atoms. The lowest BCUT2D eigenvalue weighted by Crippen LogP contribution is -2.01. The molecule has 0 N–H and O–H groups in total. The molecule has 270 valence electrons. The molecule has 4 aromatic heterocycles. The summed E-state index contributed by atoms with van der Waals surface area (Å²) in [6.45, 7) is 0. The third-order valence-electron chi connectivity index (χ3n) is 11.2. The summed E-state index contributed by atoms with van der Waals surface area (Å²) in [4.78, 5) is 20.5. The molecule has 58 heavy (non-hydrogen) atoms. The van der Waals surface area contributed by atoms with Crippen LogP contribution in [0.5, 0.6) is 0 Å². The van der Waals surface area contributed by atoms with E-state index in [0.29, 0.717) is 17.5 Å². The number of aromatic nitrogens is 5. The first-order valence-electron chi connectivity index (χ1n) is 19.4. The summed E-state index contributed by atoms with van der Waals surface area (Å²) in [5.74, 6) is 1.81. The van der Waals surface area contributed by atoms with Crippen molar-refractivity contribution in [3.63, 3.8) is 0 Å². The second-order valence-electron chi connectivity index (χ2n) is 14.6. The summed E-state index contributed by atoms with van der Waals surface area (Å²) < 4.78 is 8.67. The predicted molar refractivity (Wildman–Crippen MR) is 236 cm³/mol. The minimum Gasteiger partial charge on any atom is -0.454 e. The fourth-order valence-electron chi connectivity index (χ4n) is 8.53. The molecule has 0 fully saturated rings. The lowest BCUT2D eigenvalue weighted by Gasteiger charge is -2.12. The summed E-state index contributed by atoms with van der Waals surface area (Å²) in [5.41, 5.74) is 10.4. The van der Waals surface area contributed by atoms with Crippen molar-refractivity contribution in [2.75, 3.05) is 0 Å². The van der Waals surface area contributed by atoms with Crippen molar-refractivity contribution in [1.29, 1.82) is 0 Å². The molecular weight excluding hydrogens is 711 g/mol. The number of para-hydroxylation sites is 2. The topological polar surface area (TPSA) is 69.6 Å². The first-order valence-corrected chi connectivity index (χ1v) is 19.4. The molecule has 0 saturated carbocycles. The molecule has 6 nitrogen and oxygen atoms in total. The number of benzene rings is 8. The van der Waals surface area contributed by atoms with Crippen molar-refractivity contribution in [2.45, 2.75) is 0 Å². The van der Waals surface area contributed by atoms with Gasteiger partial charge in [0.05, 0.1) is 16.7 Å². The largest absolute Gasteiger partial charge is 0.454 e. The van der Waals surface area contributed by atoms with Gasteiger partial charge in [-0.05, 0) is 47.2 Å². The van der Waals surface area contributed by atoms with Crippen LogP contribution in [-0.2, 0) is 0 Å². The van der Waals surface area contributed by atoms with Crippen molar-refractivity contribution in [3.05, 3.63) is 188 Å². The molecule has 4 heterocycles. The van der Waals surface area contributed by atoms with Gasteiger partial charge >= 0.3 is 0 Å². The van der Waals surface area contributed by atoms with Crippen LogP contribution in [0, 0.1) is 0 Å². The molecule has 0 amide bonds. The maximum absolute atomic E-state index is 6.32. The lowest BCUT2D eigenvalue weighted by molar-refractivity contribution is 0.672. The maximum Gasteiger partial charge on any atom is 0.164 e. The Labute approximate surface area is 332 Å². The zero-order chi connectivity index (χ0) is 38.2. The molecule has 0 unspecified atom stereocenters. The Kier molecular flexibility index (Phi) is 7.13. The molecule has 0 saturated heterocycles. The normalized spacial score (nSPS) is 11.8. The van der Waals surface area contributed by atoms with Crippen LogP contribution in [0.3, 0.4) is 0 Å². The molecule has 0 aliphatic rings. The highest BCUT2D eigenvalue weighted by atomic mass is 16.3. The number of pyridine rings is 1. The quantitative estimate of drug-likeness (QED) is 0.176. The van der Waals surface area contributed by atoms with Gasteiger partial charge in [0.15, 0.2) is 23.1 Å². The van der Waals surface area contributed by atoms with Gasteiger partial charge in [-0.1, -0.05) is 152 Å². The van der Waals surface area contributed by atoms with Gasteiger partial charge in [-0.15, -0.1) is 0 Å². The Morgan fingerprint density at radius 1 is 0.379 bits per heavy atom. The van der Waals surface area contributed by atoms with Gasteiger partial charge in [-0.25, -0.2) is 19.9 Å². The average molecular weight is 742 g/mol. The number of hydrogen-bond acceptors (Lipinski definition) is 5. The highest BCUT2D eigenvalue weighted by molar-refractivity contribution is 6.21. The lowest BCUT2D eigenvalue weighted by atomic mass is 10.0. The summed E-state index contributed by atoms with van der Waals surface area (Å²) in [7, 11) is 0. The molecule has 12 rings (SSSR count). The fourth-order valence-corrected chi connectivity index (χ4v) is 8.53. The van der Waals surface area contributed by atoms with Crippen molar-refractivity contribution >= 4 is 65.4 Å². The SMILES string of the molecule is c1ccc(-c2nc(-c3ccc(-c4nc5c6ccccc6oc5c5ccccc45)cc3)nc(-c3cccc(-n4c5ccccc5c5c6ccccc6ccc54)c3)n2)cc1. The zero-order valence-electron chi connectivity index (χ0n) is 31.0. The van der Waals surface area contributed by atoms with Gasteiger partial charge in [0, 0.05) is 54.9 Å². The van der Waals surface area contributed by atoms with Crippen LogP contribution in [0.25, 0.3) is 117 Å². The van der Waals surface area contributed by atoms with Gasteiger partial charge in [0.2, 0.25) is 0 Å². The number of fused-ring (bicyclic) bond motifs is 10. The van der Waals surface area contributed by atoms with E-state index >= 15 is 0 Å². The molecule has 0 bridgehead atoms. The molecule has 12 aromatic rings. The molecular formula is C52H31N5O. The Bertz CT molecular complexity index is 3570. The highest BCUT2D eigenvalue weighted by Gasteiger charge is 2.19. The third-order valence-corrected chi connectivity index (χ3v) is 11.2. The van der Waals surface area contributed by atoms with Crippen LogP contribution in [0.4, 0.5) is 0 Å². The van der Waals surface area contributed by atoms with E-state index < -0.39 is 0 Å². The predicted octanol–water partition coefficient (Wildman–Crippen LogP) is 13.2. The van der Waals surface area contributed by atoms with Crippen LogP contribution in [-0.4, -0.2) is 24.5 Å². The van der Waals surface area contributed by atoms with Crippen molar-refractivity contribution in [3.8, 4) is 51.1 Å². The van der Waals surface area contributed by atoms with Crippen molar-refractivity contribution in [1.82, 2.24) is 24.5 Å². The van der Waals surface area contributed by atoms with Crippen molar-refractivity contribution < 1.29 is 4.42 Å². The average Bonchev–Trinajstić information content (AvgIpc) is 3.85. The van der Waals surface area contributed by atoms with Gasteiger partial charge in [0.1, 0.15) is 11.1 Å². The van der Waals surface area contributed by atoms with E-state index in [1.165, 1.54) is 21.5 Å². The summed E-state index contributed by atoms with van der Waals surface area (Å²) >= 11 is 0. The zero-order valence-corrected chi connectivity index (χ0v) is 31.0. The minimum atomic E-state index is 0.596. The van der Waals surface area contributed by atoms with Gasteiger partial charge in [-0.2, -0.15) is 0 Å². The van der Waals surface area contributed by atoms with E-state index in [-0.39, 0.29) is 0 Å². The van der Waals surface area contributed by atoms with Gasteiger partial charge in [-0.3, -0.25) is 0 Å². The van der Waals surface area contributed by atoms with E-state index in [1.807, 2.05) is 60.7 Å². The van der Waals surface area contributed by atoms with Crippen LogP contribution >= 0.6 is 0 Å². The Morgan fingerprint density at radius 3 is 1.79 bits per heavy atom. The third kappa shape index (κ3) is 5.05. The van der Waals surface area contributed by atoms with E-state index in [1.54, 1.807) is 0 Å². The summed E-state index contributed by atoms with van der Waals surface area (Å²) in [5, 5.41) is 8.01. The molecule has 0 aliphatic heterocycles. The maximum atomic E-state index is 6.32. The van der Waals surface area contributed by atoms with Crippen LogP contribution < -0.4 is 0 Å². The van der Waals surface area contributed by atoms with Gasteiger partial charge < -0.3 is 8.98 Å².